The van der Waals surface area contributed by atoms with Gasteiger partial charge in [-0.05, 0) is 19.8 Å². The van der Waals surface area contributed by atoms with Crippen molar-refractivity contribution < 1.29 is 14.8 Å². The Morgan fingerprint density at radius 3 is 2.58 bits per heavy atom. The van der Waals surface area contributed by atoms with Crippen LogP contribution in [0.15, 0.2) is 5.16 Å². The lowest BCUT2D eigenvalue weighted by atomic mass is 9.89. The maximum atomic E-state index is 12.6. The summed E-state index contributed by atoms with van der Waals surface area (Å²) in [4.78, 5) is 25.9. The van der Waals surface area contributed by atoms with Crippen molar-refractivity contribution in [3.05, 3.63) is 0 Å². The number of rotatable bonds is 3. The molecule has 7 heteroatoms. The predicted molar refractivity (Wildman–Crippen MR) is 70.5 cm³/mol. The number of hydrogen-bond donors (Lipinski definition) is 3. The van der Waals surface area contributed by atoms with E-state index in [-0.39, 0.29) is 23.6 Å². The summed E-state index contributed by atoms with van der Waals surface area (Å²) in [6, 6.07) is 0. The molecule has 1 aliphatic heterocycles. The maximum Gasteiger partial charge on any atom is 0.245 e. The van der Waals surface area contributed by atoms with E-state index in [0.717, 1.165) is 0 Å². The van der Waals surface area contributed by atoms with Gasteiger partial charge in [-0.2, -0.15) is 0 Å². The molecule has 0 aromatic heterocycles. The lowest BCUT2D eigenvalue weighted by Gasteiger charge is -2.43. The van der Waals surface area contributed by atoms with Crippen molar-refractivity contribution in [1.29, 1.82) is 0 Å². The van der Waals surface area contributed by atoms with Crippen molar-refractivity contribution >= 4 is 17.6 Å². The number of carbonyl (C=O) groups excluding carboxylic acids is 2. The summed E-state index contributed by atoms with van der Waals surface area (Å²) in [5.74, 6) is -1.46. The van der Waals surface area contributed by atoms with Gasteiger partial charge < -0.3 is 21.2 Å². The molecule has 0 spiro atoms. The Morgan fingerprint density at radius 2 is 2.11 bits per heavy atom. The summed E-state index contributed by atoms with van der Waals surface area (Å²) in [5, 5.41) is 14.5. The van der Waals surface area contributed by atoms with Crippen LogP contribution in [-0.4, -0.2) is 46.4 Å². The minimum absolute atomic E-state index is 0.121. The number of nitrogens with one attached hydrogen (secondary N) is 1. The minimum Gasteiger partial charge on any atom is -0.409 e. The van der Waals surface area contributed by atoms with E-state index in [9.17, 15) is 9.59 Å². The Bertz CT molecular complexity index is 404. The van der Waals surface area contributed by atoms with Gasteiger partial charge in [0.05, 0.1) is 0 Å². The molecule has 1 heterocycles. The third-order valence-electron chi connectivity index (χ3n) is 3.48. The molecule has 0 aromatic rings. The van der Waals surface area contributed by atoms with E-state index in [0.29, 0.717) is 13.1 Å². The zero-order chi connectivity index (χ0) is 14.8. The van der Waals surface area contributed by atoms with Gasteiger partial charge in [0.15, 0.2) is 5.84 Å². The van der Waals surface area contributed by atoms with Gasteiger partial charge in [0.2, 0.25) is 11.8 Å². The second kappa shape index (κ2) is 5.46. The first-order valence-electron chi connectivity index (χ1n) is 6.30. The van der Waals surface area contributed by atoms with Gasteiger partial charge in [-0.15, -0.1) is 0 Å². The molecule has 1 atom stereocenters. The fourth-order valence-electron chi connectivity index (χ4n) is 2.27. The Hall–Kier alpha value is -1.79. The first-order valence-corrected chi connectivity index (χ1v) is 6.30. The Labute approximate surface area is 112 Å². The molecule has 1 aliphatic rings. The van der Waals surface area contributed by atoms with Gasteiger partial charge >= 0.3 is 0 Å². The average Bonchev–Trinajstić information content (AvgIpc) is 2.31. The number of hydrogen-bond acceptors (Lipinski definition) is 4. The van der Waals surface area contributed by atoms with Crippen LogP contribution < -0.4 is 11.1 Å². The molecule has 1 rings (SSSR count). The van der Waals surface area contributed by atoms with E-state index >= 15 is 0 Å². The van der Waals surface area contributed by atoms with Gasteiger partial charge in [0, 0.05) is 13.1 Å². The van der Waals surface area contributed by atoms with Crippen LogP contribution in [0.25, 0.3) is 0 Å². The number of piperazine rings is 1. The monoisotopic (exact) mass is 270 g/mol. The molecule has 2 amide bonds. The number of nitrogens with two attached hydrogens (primary N) is 1. The van der Waals surface area contributed by atoms with Crippen LogP contribution in [0.5, 0.6) is 0 Å². The van der Waals surface area contributed by atoms with E-state index in [2.05, 4.69) is 10.5 Å². The summed E-state index contributed by atoms with van der Waals surface area (Å²) in [7, 11) is 0. The highest BCUT2D eigenvalue weighted by molar-refractivity contribution is 6.04. The summed E-state index contributed by atoms with van der Waals surface area (Å²) in [5.41, 5.74) is 4.67. The number of nitrogens with zero attached hydrogens (tertiary/aromatic N) is 2. The van der Waals surface area contributed by atoms with Gasteiger partial charge in [-0.1, -0.05) is 19.0 Å². The zero-order valence-corrected chi connectivity index (χ0v) is 11.8. The third-order valence-corrected chi connectivity index (χ3v) is 3.48. The summed E-state index contributed by atoms with van der Waals surface area (Å²) in [6.07, 6.45) is 0. The molecule has 7 nitrogen and oxygen atoms in total. The molecule has 1 fully saturated rings. The van der Waals surface area contributed by atoms with E-state index in [1.54, 1.807) is 13.8 Å². The normalized spacial score (nSPS) is 21.2. The molecule has 108 valence electrons. The highest BCUT2D eigenvalue weighted by Gasteiger charge is 2.43. The highest BCUT2D eigenvalue weighted by Crippen LogP contribution is 2.23. The Balaban J connectivity index is 3.06. The lowest BCUT2D eigenvalue weighted by Crippen LogP contribution is -2.65. The molecule has 0 aromatic carbocycles. The quantitative estimate of drug-likeness (QED) is 0.284. The van der Waals surface area contributed by atoms with Crippen LogP contribution in [0.3, 0.4) is 0 Å². The summed E-state index contributed by atoms with van der Waals surface area (Å²) in [6.45, 7) is 7.83. The second-order valence-electron chi connectivity index (χ2n) is 5.55. The smallest absolute Gasteiger partial charge is 0.245 e. The largest absolute Gasteiger partial charge is 0.409 e. The molecule has 0 bridgehead atoms. The Kier molecular flexibility index (Phi) is 4.39. The molecule has 1 saturated heterocycles. The molecule has 0 saturated carbocycles. The van der Waals surface area contributed by atoms with E-state index in [1.807, 2.05) is 13.8 Å². The Morgan fingerprint density at radius 1 is 1.53 bits per heavy atom. The van der Waals surface area contributed by atoms with Crippen molar-refractivity contribution in [3.63, 3.8) is 0 Å². The number of amides is 2. The van der Waals surface area contributed by atoms with Crippen LogP contribution in [0.1, 0.15) is 27.7 Å². The molecule has 0 radical (unpaired) electrons. The van der Waals surface area contributed by atoms with Crippen LogP contribution in [0, 0.1) is 11.8 Å². The second-order valence-corrected chi connectivity index (χ2v) is 5.55. The number of carbonyl (C=O) groups is 2. The van der Waals surface area contributed by atoms with Gasteiger partial charge in [0.25, 0.3) is 0 Å². The van der Waals surface area contributed by atoms with E-state index in [4.69, 9.17) is 10.9 Å². The number of oxime groups is 1. The van der Waals surface area contributed by atoms with Crippen molar-refractivity contribution in [2.75, 3.05) is 13.1 Å². The average molecular weight is 270 g/mol. The van der Waals surface area contributed by atoms with E-state index < -0.39 is 11.5 Å². The molecule has 19 heavy (non-hydrogen) atoms. The first kappa shape index (κ1) is 15.3. The van der Waals surface area contributed by atoms with Crippen LogP contribution in [-0.2, 0) is 9.59 Å². The minimum atomic E-state index is -0.932. The number of amidine groups is 1. The molecule has 1 unspecified atom stereocenters. The fourth-order valence-corrected chi connectivity index (χ4v) is 2.27. The van der Waals surface area contributed by atoms with Crippen molar-refractivity contribution in [2.24, 2.45) is 22.7 Å². The van der Waals surface area contributed by atoms with Crippen LogP contribution >= 0.6 is 0 Å². The van der Waals surface area contributed by atoms with Crippen LogP contribution in [0.2, 0.25) is 0 Å². The molecule has 4 N–H and O–H groups in total. The zero-order valence-electron chi connectivity index (χ0n) is 11.8. The molecular formula is C12H22N4O3. The first-order chi connectivity index (χ1) is 8.73. The molecular weight excluding hydrogens is 248 g/mol. The van der Waals surface area contributed by atoms with Gasteiger partial charge in [-0.3, -0.25) is 9.59 Å². The van der Waals surface area contributed by atoms with Gasteiger partial charge in [-0.25, -0.2) is 0 Å². The van der Waals surface area contributed by atoms with Crippen LogP contribution in [0.4, 0.5) is 0 Å². The molecule has 0 aliphatic carbocycles. The topological polar surface area (TPSA) is 108 Å². The summed E-state index contributed by atoms with van der Waals surface area (Å²) >= 11 is 0. The standard InChI is InChI=1S/C12H22N4O3/c1-7(2)8(9(13)15-19)10(17)16-6-5-14-11(18)12(16,3)4/h7-8,19H,5-6H2,1-4H3,(H2,13,15)(H,14,18). The summed E-state index contributed by atoms with van der Waals surface area (Å²) < 4.78 is 0. The maximum absolute atomic E-state index is 12.6. The highest BCUT2D eigenvalue weighted by atomic mass is 16.4. The van der Waals surface area contributed by atoms with E-state index in [1.165, 1.54) is 4.90 Å². The lowest BCUT2D eigenvalue weighted by molar-refractivity contribution is -0.151. The fraction of sp³-hybridized carbons (Fsp3) is 0.750. The van der Waals surface area contributed by atoms with Crippen molar-refractivity contribution in [1.82, 2.24) is 10.2 Å². The van der Waals surface area contributed by atoms with Crippen molar-refractivity contribution in [2.45, 2.75) is 33.2 Å². The predicted octanol–water partition coefficient (Wildman–Crippen LogP) is -0.258. The van der Waals surface area contributed by atoms with Crippen molar-refractivity contribution in [3.8, 4) is 0 Å². The SMILES string of the molecule is CC(C)C(C(=O)N1CCNC(=O)C1(C)C)C(N)=NO. The van der Waals surface area contributed by atoms with Gasteiger partial charge in [0.1, 0.15) is 11.5 Å². The third kappa shape index (κ3) is 2.80.